The highest BCUT2D eigenvalue weighted by Gasteiger charge is 2.13. The lowest BCUT2D eigenvalue weighted by Gasteiger charge is -2.07. The molecule has 7 nitrogen and oxygen atoms in total. The van der Waals surface area contributed by atoms with Gasteiger partial charge in [-0.25, -0.2) is 9.07 Å². The van der Waals surface area contributed by atoms with Crippen LogP contribution < -0.4 is 15.9 Å². The van der Waals surface area contributed by atoms with Gasteiger partial charge in [0.2, 0.25) is 11.1 Å². The number of carbonyl (C=O) groups excluding carboxylic acids is 1. The first kappa shape index (κ1) is 20.0. The standard InChI is InChI=1S/C18H17ClFN5O2S/c19-13-7-5-12(6-8-13)9-22-17(26)11-28-18-24-23-16(25(18)21)10-27-15-4-2-1-3-14(15)20/h1-8H,9-11,21H2,(H,22,26). The van der Waals surface area contributed by atoms with Gasteiger partial charge in [0, 0.05) is 11.6 Å². The maximum Gasteiger partial charge on any atom is 0.230 e. The van der Waals surface area contributed by atoms with Gasteiger partial charge in [-0.2, -0.15) is 0 Å². The summed E-state index contributed by atoms with van der Waals surface area (Å²) in [6.45, 7) is 0.349. The highest BCUT2D eigenvalue weighted by Crippen LogP contribution is 2.18. The SMILES string of the molecule is Nn1c(COc2ccccc2F)nnc1SCC(=O)NCc1ccc(Cl)cc1. The Kier molecular flexibility index (Phi) is 6.72. The number of amides is 1. The van der Waals surface area contributed by atoms with Gasteiger partial charge < -0.3 is 15.9 Å². The molecule has 10 heteroatoms. The minimum Gasteiger partial charge on any atom is -0.482 e. The van der Waals surface area contributed by atoms with Gasteiger partial charge in [-0.15, -0.1) is 10.2 Å². The molecule has 3 rings (SSSR count). The highest BCUT2D eigenvalue weighted by atomic mass is 35.5. The second-order valence-electron chi connectivity index (χ2n) is 5.68. The Balaban J connectivity index is 1.47. The van der Waals surface area contributed by atoms with Crippen molar-refractivity contribution < 1.29 is 13.9 Å². The van der Waals surface area contributed by atoms with Crippen LogP contribution in [0.15, 0.2) is 53.7 Å². The van der Waals surface area contributed by atoms with Crippen molar-refractivity contribution in [2.75, 3.05) is 11.6 Å². The number of nitrogens with one attached hydrogen (secondary N) is 1. The number of halogens is 2. The first-order valence-electron chi connectivity index (χ1n) is 8.23. The molecular weight excluding hydrogens is 405 g/mol. The average Bonchev–Trinajstić information content (AvgIpc) is 3.05. The van der Waals surface area contributed by atoms with Crippen molar-refractivity contribution in [1.29, 1.82) is 0 Å². The van der Waals surface area contributed by atoms with Gasteiger partial charge >= 0.3 is 0 Å². The Morgan fingerprint density at radius 1 is 1.21 bits per heavy atom. The molecule has 3 N–H and O–H groups in total. The van der Waals surface area contributed by atoms with E-state index in [-0.39, 0.29) is 24.0 Å². The molecule has 0 saturated carbocycles. The summed E-state index contributed by atoms with van der Waals surface area (Å²) in [4.78, 5) is 12.0. The molecule has 0 saturated heterocycles. The molecule has 28 heavy (non-hydrogen) atoms. The molecule has 0 aliphatic carbocycles. The van der Waals surface area contributed by atoms with Crippen LogP contribution in [0, 0.1) is 5.82 Å². The molecule has 0 radical (unpaired) electrons. The zero-order valence-corrected chi connectivity index (χ0v) is 16.2. The van der Waals surface area contributed by atoms with Crippen LogP contribution in [0.1, 0.15) is 11.4 Å². The molecule has 146 valence electrons. The molecule has 1 amide bonds. The van der Waals surface area contributed by atoms with E-state index in [1.165, 1.54) is 16.8 Å². The van der Waals surface area contributed by atoms with Crippen molar-refractivity contribution in [2.24, 2.45) is 0 Å². The van der Waals surface area contributed by atoms with E-state index in [0.29, 0.717) is 22.5 Å². The number of aromatic nitrogens is 3. The fourth-order valence-electron chi connectivity index (χ4n) is 2.19. The van der Waals surface area contributed by atoms with Crippen LogP contribution in [0.5, 0.6) is 5.75 Å². The summed E-state index contributed by atoms with van der Waals surface area (Å²) in [5.74, 6) is 5.81. The topological polar surface area (TPSA) is 95.1 Å². The predicted octanol–water partition coefficient (Wildman–Crippen LogP) is 2.77. The van der Waals surface area contributed by atoms with Crippen LogP contribution in [-0.4, -0.2) is 26.5 Å². The van der Waals surface area contributed by atoms with Crippen LogP contribution in [-0.2, 0) is 17.9 Å². The largest absolute Gasteiger partial charge is 0.482 e. The van der Waals surface area contributed by atoms with Crippen LogP contribution >= 0.6 is 23.4 Å². The number of nitrogens with two attached hydrogens (primary N) is 1. The first-order valence-corrected chi connectivity index (χ1v) is 9.60. The van der Waals surface area contributed by atoms with Crippen molar-refractivity contribution in [3.8, 4) is 5.75 Å². The van der Waals surface area contributed by atoms with Gasteiger partial charge in [0.1, 0.15) is 6.61 Å². The smallest absolute Gasteiger partial charge is 0.230 e. The van der Waals surface area contributed by atoms with Gasteiger partial charge in [0.05, 0.1) is 5.75 Å². The van der Waals surface area contributed by atoms with E-state index in [1.807, 2.05) is 12.1 Å². The lowest BCUT2D eigenvalue weighted by Crippen LogP contribution is -2.25. The molecule has 0 aliphatic heterocycles. The van der Waals surface area contributed by atoms with Crippen molar-refractivity contribution in [3.63, 3.8) is 0 Å². The summed E-state index contributed by atoms with van der Waals surface area (Å²) >= 11 is 6.97. The Bertz CT molecular complexity index is 951. The second kappa shape index (κ2) is 9.43. The van der Waals surface area contributed by atoms with E-state index in [4.69, 9.17) is 22.2 Å². The molecule has 0 spiro atoms. The first-order chi connectivity index (χ1) is 13.5. The van der Waals surface area contributed by atoms with Crippen LogP contribution in [0.4, 0.5) is 4.39 Å². The summed E-state index contributed by atoms with van der Waals surface area (Å²) < 4.78 is 20.2. The number of hydrogen-bond donors (Lipinski definition) is 2. The second-order valence-corrected chi connectivity index (χ2v) is 7.06. The van der Waals surface area contributed by atoms with Crippen molar-refractivity contribution in [3.05, 3.63) is 70.8 Å². The lowest BCUT2D eigenvalue weighted by molar-refractivity contribution is -0.118. The van der Waals surface area contributed by atoms with Crippen molar-refractivity contribution in [1.82, 2.24) is 20.2 Å². The Morgan fingerprint density at radius 2 is 1.96 bits per heavy atom. The summed E-state index contributed by atoms with van der Waals surface area (Å²) in [6.07, 6.45) is 0. The molecule has 0 unspecified atom stereocenters. The fourth-order valence-corrected chi connectivity index (χ4v) is 3.02. The molecule has 1 heterocycles. The number of para-hydroxylation sites is 1. The Hall–Kier alpha value is -2.78. The summed E-state index contributed by atoms with van der Waals surface area (Å²) in [5, 5.41) is 11.6. The number of nitrogens with zero attached hydrogens (tertiary/aromatic N) is 3. The van der Waals surface area contributed by atoms with Gasteiger partial charge in [0.15, 0.2) is 17.4 Å². The Morgan fingerprint density at radius 3 is 2.71 bits per heavy atom. The maximum atomic E-state index is 13.6. The number of nitrogen functional groups attached to an aromatic ring is 1. The monoisotopic (exact) mass is 421 g/mol. The molecule has 1 aromatic heterocycles. The molecule has 0 bridgehead atoms. The van der Waals surface area contributed by atoms with Crippen LogP contribution in [0.2, 0.25) is 5.02 Å². The summed E-state index contributed by atoms with van der Waals surface area (Å²) in [7, 11) is 0. The zero-order valence-electron chi connectivity index (χ0n) is 14.6. The zero-order chi connectivity index (χ0) is 19.9. The molecule has 2 aromatic carbocycles. The predicted molar refractivity (Wildman–Crippen MR) is 105 cm³/mol. The summed E-state index contributed by atoms with van der Waals surface area (Å²) in [6, 6.07) is 13.2. The third-order valence-electron chi connectivity index (χ3n) is 3.66. The van der Waals surface area contributed by atoms with E-state index in [1.54, 1.807) is 24.3 Å². The number of rotatable bonds is 8. The van der Waals surface area contributed by atoms with Gasteiger partial charge in [-0.3, -0.25) is 4.79 Å². The number of ether oxygens (including phenoxy) is 1. The number of carbonyl (C=O) groups is 1. The van der Waals surface area contributed by atoms with E-state index in [2.05, 4.69) is 15.5 Å². The molecule has 3 aromatic rings. The van der Waals surface area contributed by atoms with Gasteiger partial charge in [-0.05, 0) is 29.8 Å². The van der Waals surface area contributed by atoms with E-state index >= 15 is 0 Å². The van der Waals surface area contributed by atoms with Crippen LogP contribution in [0.3, 0.4) is 0 Å². The fraction of sp³-hybridized carbons (Fsp3) is 0.167. The summed E-state index contributed by atoms with van der Waals surface area (Å²) in [5.41, 5.74) is 0.942. The maximum absolute atomic E-state index is 13.6. The number of hydrogen-bond acceptors (Lipinski definition) is 6. The van der Waals surface area contributed by atoms with Crippen LogP contribution in [0.25, 0.3) is 0 Å². The third kappa shape index (κ3) is 5.37. The van der Waals surface area contributed by atoms with Crippen molar-refractivity contribution in [2.45, 2.75) is 18.3 Å². The number of benzene rings is 2. The van der Waals surface area contributed by atoms with Gasteiger partial charge in [-0.1, -0.05) is 47.6 Å². The van der Waals surface area contributed by atoms with E-state index in [0.717, 1.165) is 17.3 Å². The van der Waals surface area contributed by atoms with E-state index < -0.39 is 5.82 Å². The molecular formula is C18H17ClFN5O2S. The number of thioether (sulfide) groups is 1. The minimum absolute atomic E-state index is 0.0479. The third-order valence-corrected chi connectivity index (χ3v) is 4.86. The molecule has 0 atom stereocenters. The molecule has 0 aliphatic rings. The van der Waals surface area contributed by atoms with Gasteiger partial charge in [0.25, 0.3) is 0 Å². The molecule has 0 fully saturated rings. The van der Waals surface area contributed by atoms with Crippen molar-refractivity contribution >= 4 is 29.3 Å². The average molecular weight is 422 g/mol. The normalized spacial score (nSPS) is 10.6. The lowest BCUT2D eigenvalue weighted by atomic mass is 10.2. The quantitative estimate of drug-likeness (QED) is 0.429. The highest BCUT2D eigenvalue weighted by molar-refractivity contribution is 7.99. The minimum atomic E-state index is -0.474. The van der Waals surface area contributed by atoms with E-state index in [9.17, 15) is 9.18 Å². The Labute approximate surface area is 170 Å².